The molecule has 1 aromatic rings. The van der Waals surface area contributed by atoms with Crippen LogP contribution in [0.4, 0.5) is 11.6 Å². The summed E-state index contributed by atoms with van der Waals surface area (Å²) in [5, 5.41) is 6.74. The predicted octanol–water partition coefficient (Wildman–Crippen LogP) is 2.47. The van der Waals surface area contributed by atoms with Gasteiger partial charge in [-0.25, -0.2) is 9.97 Å². The van der Waals surface area contributed by atoms with Crippen LogP contribution in [-0.2, 0) is 6.42 Å². The van der Waals surface area contributed by atoms with E-state index in [4.69, 9.17) is 0 Å². The quantitative estimate of drug-likeness (QED) is 0.765. The average molecular weight is 279 g/mol. The van der Waals surface area contributed by atoms with Gasteiger partial charge in [0.25, 0.3) is 0 Å². The van der Waals surface area contributed by atoms with Crippen LogP contribution in [0, 0.1) is 5.92 Å². The van der Waals surface area contributed by atoms with Gasteiger partial charge in [0.2, 0.25) is 0 Å². The SMILES string of the molecule is CCc1c(NC)ncnc1NC(CC(C)C)CN(C)C. The molecule has 5 heteroatoms. The van der Waals surface area contributed by atoms with Crippen molar-refractivity contribution in [3.8, 4) is 0 Å². The highest BCUT2D eigenvalue weighted by molar-refractivity contribution is 5.57. The molecule has 1 aromatic heterocycles. The van der Waals surface area contributed by atoms with Crippen LogP contribution in [0.2, 0.25) is 0 Å². The van der Waals surface area contributed by atoms with Crippen LogP contribution in [-0.4, -0.2) is 48.6 Å². The number of nitrogens with one attached hydrogen (secondary N) is 2. The Morgan fingerprint density at radius 2 is 1.85 bits per heavy atom. The van der Waals surface area contributed by atoms with Crippen LogP contribution in [0.5, 0.6) is 0 Å². The molecule has 2 N–H and O–H groups in total. The Bertz CT molecular complexity index is 393. The number of nitrogens with zero attached hydrogens (tertiary/aromatic N) is 3. The van der Waals surface area contributed by atoms with Gasteiger partial charge in [0.15, 0.2) is 0 Å². The topological polar surface area (TPSA) is 53.1 Å². The molecule has 5 nitrogen and oxygen atoms in total. The Balaban J connectivity index is 2.92. The molecule has 0 spiro atoms. The highest BCUT2D eigenvalue weighted by atomic mass is 15.1. The van der Waals surface area contributed by atoms with Crippen molar-refractivity contribution in [1.82, 2.24) is 14.9 Å². The molecule has 0 saturated heterocycles. The van der Waals surface area contributed by atoms with Crippen molar-refractivity contribution in [2.24, 2.45) is 5.92 Å². The van der Waals surface area contributed by atoms with Gasteiger partial charge >= 0.3 is 0 Å². The first kappa shape index (κ1) is 16.7. The summed E-state index contributed by atoms with van der Waals surface area (Å²) < 4.78 is 0. The van der Waals surface area contributed by atoms with Gasteiger partial charge in [-0.15, -0.1) is 0 Å². The molecule has 1 rings (SSSR count). The third kappa shape index (κ3) is 4.96. The maximum absolute atomic E-state index is 4.43. The minimum atomic E-state index is 0.398. The second-order valence-corrected chi connectivity index (χ2v) is 5.89. The van der Waals surface area contributed by atoms with Crippen molar-refractivity contribution < 1.29 is 0 Å². The highest BCUT2D eigenvalue weighted by Crippen LogP contribution is 2.22. The number of likely N-dealkylation sites (N-methyl/N-ethyl adjacent to an activating group) is 1. The van der Waals surface area contributed by atoms with Crippen molar-refractivity contribution >= 4 is 11.6 Å². The summed E-state index contributed by atoms with van der Waals surface area (Å²) in [4.78, 5) is 10.9. The maximum Gasteiger partial charge on any atom is 0.134 e. The standard InChI is InChI=1S/C15H29N5/c1-7-13-14(16-4)17-10-18-15(13)19-12(8-11(2)3)9-20(5)6/h10-12H,7-9H2,1-6H3,(H2,16,17,18,19). The zero-order valence-corrected chi connectivity index (χ0v) is 13.7. The van der Waals surface area contributed by atoms with Crippen molar-refractivity contribution in [2.45, 2.75) is 39.7 Å². The molecule has 1 heterocycles. The zero-order chi connectivity index (χ0) is 15.1. The summed E-state index contributed by atoms with van der Waals surface area (Å²) in [6.45, 7) is 7.64. The lowest BCUT2D eigenvalue weighted by Gasteiger charge is -2.25. The first-order chi connectivity index (χ1) is 9.47. The number of hydrogen-bond donors (Lipinski definition) is 2. The average Bonchev–Trinajstić information content (AvgIpc) is 2.36. The van der Waals surface area contributed by atoms with Gasteiger partial charge in [0.1, 0.15) is 18.0 Å². The summed E-state index contributed by atoms with van der Waals surface area (Å²) >= 11 is 0. The third-order valence-corrected chi connectivity index (χ3v) is 3.22. The van der Waals surface area contributed by atoms with Crippen LogP contribution in [0.25, 0.3) is 0 Å². The van der Waals surface area contributed by atoms with Crippen LogP contribution < -0.4 is 10.6 Å². The normalized spacial score (nSPS) is 12.8. The molecule has 0 saturated carbocycles. The molecule has 0 aliphatic carbocycles. The number of rotatable bonds is 8. The maximum atomic E-state index is 4.43. The molecule has 0 fully saturated rings. The monoisotopic (exact) mass is 279 g/mol. The molecule has 1 atom stereocenters. The van der Waals surface area contributed by atoms with Gasteiger partial charge in [-0.05, 0) is 32.9 Å². The molecule has 0 aliphatic heterocycles. The van der Waals surface area contributed by atoms with E-state index in [2.05, 4.69) is 60.4 Å². The third-order valence-electron chi connectivity index (χ3n) is 3.22. The van der Waals surface area contributed by atoms with Gasteiger partial charge in [0, 0.05) is 25.2 Å². The summed E-state index contributed by atoms with van der Waals surface area (Å²) in [5.41, 5.74) is 1.16. The zero-order valence-electron chi connectivity index (χ0n) is 13.7. The Morgan fingerprint density at radius 1 is 1.20 bits per heavy atom. The fourth-order valence-electron chi connectivity index (χ4n) is 2.47. The van der Waals surface area contributed by atoms with E-state index in [1.54, 1.807) is 6.33 Å². The number of aromatic nitrogens is 2. The minimum absolute atomic E-state index is 0.398. The van der Waals surface area contributed by atoms with E-state index in [0.29, 0.717) is 12.0 Å². The number of anilines is 2. The molecular weight excluding hydrogens is 250 g/mol. The second-order valence-electron chi connectivity index (χ2n) is 5.89. The summed E-state index contributed by atoms with van der Waals surface area (Å²) in [6.07, 6.45) is 3.66. The highest BCUT2D eigenvalue weighted by Gasteiger charge is 2.16. The molecule has 0 aromatic carbocycles. The molecule has 114 valence electrons. The molecule has 0 bridgehead atoms. The largest absolute Gasteiger partial charge is 0.373 e. The first-order valence-electron chi connectivity index (χ1n) is 7.40. The van der Waals surface area contributed by atoms with Crippen LogP contribution >= 0.6 is 0 Å². The summed E-state index contributed by atoms with van der Waals surface area (Å²) in [5.74, 6) is 2.53. The molecule has 20 heavy (non-hydrogen) atoms. The van der Waals surface area contributed by atoms with E-state index >= 15 is 0 Å². The Kier molecular flexibility index (Phi) is 6.71. The Morgan fingerprint density at radius 3 is 2.35 bits per heavy atom. The van der Waals surface area contributed by atoms with E-state index in [0.717, 1.165) is 36.6 Å². The first-order valence-corrected chi connectivity index (χ1v) is 7.40. The van der Waals surface area contributed by atoms with Gasteiger partial charge < -0.3 is 15.5 Å². The van der Waals surface area contributed by atoms with Crippen LogP contribution in [0.15, 0.2) is 6.33 Å². The minimum Gasteiger partial charge on any atom is -0.373 e. The molecular formula is C15H29N5. The smallest absolute Gasteiger partial charge is 0.134 e. The summed E-state index contributed by atoms with van der Waals surface area (Å²) in [6, 6.07) is 0.398. The van der Waals surface area contributed by atoms with E-state index in [1.807, 2.05) is 7.05 Å². The lowest BCUT2D eigenvalue weighted by atomic mass is 10.0. The van der Waals surface area contributed by atoms with Crippen molar-refractivity contribution in [1.29, 1.82) is 0 Å². The fourth-order valence-corrected chi connectivity index (χ4v) is 2.47. The van der Waals surface area contributed by atoms with Crippen molar-refractivity contribution in [3.63, 3.8) is 0 Å². The molecule has 0 aliphatic rings. The van der Waals surface area contributed by atoms with Crippen LogP contribution in [0.1, 0.15) is 32.8 Å². The van der Waals surface area contributed by atoms with E-state index in [9.17, 15) is 0 Å². The fraction of sp³-hybridized carbons (Fsp3) is 0.733. The van der Waals surface area contributed by atoms with Crippen LogP contribution in [0.3, 0.4) is 0 Å². The lowest BCUT2D eigenvalue weighted by molar-refractivity contribution is 0.356. The lowest BCUT2D eigenvalue weighted by Crippen LogP contribution is -2.34. The van der Waals surface area contributed by atoms with E-state index < -0.39 is 0 Å². The second kappa shape index (κ2) is 8.04. The Labute approximate surface area is 123 Å². The van der Waals surface area contributed by atoms with Gasteiger partial charge in [-0.3, -0.25) is 0 Å². The summed E-state index contributed by atoms with van der Waals surface area (Å²) in [7, 11) is 6.11. The molecule has 0 amide bonds. The van der Waals surface area contributed by atoms with E-state index in [1.165, 1.54) is 0 Å². The van der Waals surface area contributed by atoms with Gasteiger partial charge in [-0.2, -0.15) is 0 Å². The molecule has 0 radical (unpaired) electrons. The number of hydrogen-bond acceptors (Lipinski definition) is 5. The van der Waals surface area contributed by atoms with Crippen molar-refractivity contribution in [3.05, 3.63) is 11.9 Å². The Hall–Kier alpha value is -1.36. The van der Waals surface area contributed by atoms with Gasteiger partial charge in [-0.1, -0.05) is 20.8 Å². The van der Waals surface area contributed by atoms with E-state index in [-0.39, 0.29) is 0 Å². The van der Waals surface area contributed by atoms with Gasteiger partial charge in [0.05, 0.1) is 0 Å². The predicted molar refractivity (Wildman–Crippen MR) is 86.4 cm³/mol. The van der Waals surface area contributed by atoms with Crippen molar-refractivity contribution in [2.75, 3.05) is 38.3 Å². The molecule has 1 unspecified atom stereocenters.